The molecule has 1 aliphatic rings. The van der Waals surface area contributed by atoms with Crippen molar-refractivity contribution in [2.24, 2.45) is 0 Å². The van der Waals surface area contributed by atoms with E-state index < -0.39 is 11.5 Å². The van der Waals surface area contributed by atoms with Crippen molar-refractivity contribution in [1.29, 1.82) is 0 Å². The van der Waals surface area contributed by atoms with Crippen molar-refractivity contribution in [1.82, 2.24) is 15.5 Å². The van der Waals surface area contributed by atoms with Crippen LogP contribution in [0.4, 0.5) is 5.69 Å². The van der Waals surface area contributed by atoms with E-state index in [1.165, 1.54) is 0 Å². The van der Waals surface area contributed by atoms with E-state index in [0.29, 0.717) is 22.5 Å². The normalized spacial score (nSPS) is 15.7. The van der Waals surface area contributed by atoms with Gasteiger partial charge in [-0.2, -0.15) is 10.2 Å². The topological polar surface area (TPSA) is 97.1 Å². The highest BCUT2D eigenvalue weighted by molar-refractivity contribution is 6.09. The highest BCUT2D eigenvalue weighted by Crippen LogP contribution is 2.25. The monoisotopic (exact) mass is 450 g/mol. The Balaban J connectivity index is 0.00000160. The third-order valence-corrected chi connectivity index (χ3v) is 5.09. The Labute approximate surface area is 186 Å². The summed E-state index contributed by atoms with van der Waals surface area (Å²) in [6.07, 6.45) is 2.01. The summed E-state index contributed by atoms with van der Waals surface area (Å²) in [6.45, 7) is 5.37. The number of fused-ring (bicyclic) bond motifs is 1. The van der Waals surface area contributed by atoms with Crippen LogP contribution >= 0.6 is 24.8 Å². The van der Waals surface area contributed by atoms with Gasteiger partial charge in [0.05, 0.1) is 16.9 Å². The molecule has 1 aromatic carbocycles. The molecule has 30 heavy (non-hydrogen) atoms. The number of anilines is 1. The van der Waals surface area contributed by atoms with Crippen LogP contribution in [-0.2, 0) is 0 Å². The lowest BCUT2D eigenvalue weighted by Gasteiger charge is -2.22. The predicted molar refractivity (Wildman–Crippen MR) is 121 cm³/mol. The fraction of sp³-hybridized carbons (Fsp3) is 0.333. The number of halogens is 2. The summed E-state index contributed by atoms with van der Waals surface area (Å²) in [7, 11) is 0. The molecule has 0 spiro atoms. The smallest absolute Gasteiger partial charge is 0.349 e. The van der Waals surface area contributed by atoms with Crippen molar-refractivity contribution >= 4 is 47.3 Å². The lowest BCUT2D eigenvalue weighted by atomic mass is 9.95. The van der Waals surface area contributed by atoms with Gasteiger partial charge in [-0.25, -0.2) is 4.79 Å². The molecule has 160 valence electrons. The Kier molecular flexibility index (Phi) is 7.95. The largest absolute Gasteiger partial charge is 0.427 e. The Morgan fingerprint density at radius 1 is 1.20 bits per heavy atom. The number of rotatable bonds is 3. The average molecular weight is 451 g/mol. The number of nitrogens with one attached hydrogen (secondary N) is 2. The van der Waals surface area contributed by atoms with Gasteiger partial charge >= 0.3 is 5.63 Å². The van der Waals surface area contributed by atoms with Crippen LogP contribution in [0.2, 0.25) is 0 Å². The Morgan fingerprint density at radius 3 is 2.70 bits per heavy atom. The van der Waals surface area contributed by atoms with Gasteiger partial charge in [-0.05, 0) is 63.1 Å². The molecule has 0 aliphatic carbocycles. The summed E-state index contributed by atoms with van der Waals surface area (Å²) in [5.74, 6) is 0.320. The first-order valence-corrected chi connectivity index (χ1v) is 9.42. The van der Waals surface area contributed by atoms with Crippen LogP contribution in [0.3, 0.4) is 0 Å². The second-order valence-corrected chi connectivity index (χ2v) is 7.22. The second kappa shape index (κ2) is 10.0. The molecule has 9 heteroatoms. The van der Waals surface area contributed by atoms with Gasteiger partial charge in [0.15, 0.2) is 0 Å². The van der Waals surface area contributed by atoms with Crippen molar-refractivity contribution in [3.8, 4) is 0 Å². The minimum Gasteiger partial charge on any atom is -0.427 e. The third-order valence-electron chi connectivity index (χ3n) is 5.09. The first-order valence-electron chi connectivity index (χ1n) is 9.42. The van der Waals surface area contributed by atoms with Gasteiger partial charge in [-0.1, -0.05) is 6.07 Å². The summed E-state index contributed by atoms with van der Waals surface area (Å²) in [5.41, 5.74) is 2.05. The van der Waals surface area contributed by atoms with Gasteiger partial charge in [0.1, 0.15) is 11.3 Å². The van der Waals surface area contributed by atoms with E-state index in [2.05, 4.69) is 20.8 Å². The van der Waals surface area contributed by atoms with Crippen LogP contribution < -0.4 is 16.3 Å². The number of hydrogen-bond acceptors (Lipinski definition) is 6. The van der Waals surface area contributed by atoms with E-state index in [-0.39, 0.29) is 36.3 Å². The summed E-state index contributed by atoms with van der Waals surface area (Å²) in [6, 6.07) is 9.06. The van der Waals surface area contributed by atoms with E-state index >= 15 is 0 Å². The number of hydrogen-bond donors (Lipinski definition) is 2. The summed E-state index contributed by atoms with van der Waals surface area (Å²) in [4.78, 5) is 25.4. The van der Waals surface area contributed by atoms with Crippen molar-refractivity contribution in [2.45, 2.75) is 32.6 Å². The van der Waals surface area contributed by atoms with Crippen molar-refractivity contribution in [3.05, 3.63) is 63.3 Å². The lowest BCUT2D eigenvalue weighted by molar-refractivity contribution is 0.102. The zero-order valence-electron chi connectivity index (χ0n) is 16.7. The van der Waals surface area contributed by atoms with Crippen molar-refractivity contribution in [2.75, 3.05) is 18.4 Å². The SMILES string of the molecule is Cc1cc2c(NC(=O)c3c(C)cc(C4CCCNC4)oc3=O)cccc2nn1.Cl.Cl. The number of carbonyl (C=O) groups is 1. The van der Waals surface area contributed by atoms with Gasteiger partial charge in [0.2, 0.25) is 0 Å². The molecule has 1 atom stereocenters. The minimum atomic E-state index is -0.603. The molecule has 7 nitrogen and oxygen atoms in total. The third kappa shape index (κ3) is 4.80. The molecule has 4 rings (SSSR count). The van der Waals surface area contributed by atoms with Gasteiger partial charge in [-0.3, -0.25) is 4.79 Å². The van der Waals surface area contributed by atoms with E-state index in [4.69, 9.17) is 4.42 Å². The molecule has 1 amide bonds. The molecular weight excluding hydrogens is 427 g/mol. The predicted octanol–water partition coefficient (Wildman–Crippen LogP) is 3.76. The Bertz CT molecular complexity index is 1110. The molecule has 3 heterocycles. The molecule has 1 unspecified atom stereocenters. The van der Waals surface area contributed by atoms with Crippen LogP contribution in [-0.4, -0.2) is 29.2 Å². The number of nitrogens with zero attached hydrogens (tertiary/aromatic N) is 2. The van der Waals surface area contributed by atoms with Crippen molar-refractivity contribution < 1.29 is 9.21 Å². The number of benzene rings is 1. The fourth-order valence-electron chi connectivity index (χ4n) is 3.66. The van der Waals surface area contributed by atoms with Crippen LogP contribution in [0.15, 0.2) is 39.5 Å². The number of amides is 1. The van der Waals surface area contributed by atoms with E-state index in [0.717, 1.165) is 37.0 Å². The maximum Gasteiger partial charge on any atom is 0.349 e. The standard InChI is InChI=1S/C21H22N4O3.2ClH/c1-12-9-18(14-5-4-8-22-11-14)28-21(27)19(12)20(26)23-16-6-3-7-17-15(16)10-13(2)24-25-17;;/h3,6-7,9-10,14,22H,4-5,8,11H2,1-2H3,(H,23,26);2*1H. The van der Waals surface area contributed by atoms with Crippen LogP contribution in [0.1, 0.15) is 46.1 Å². The van der Waals surface area contributed by atoms with E-state index in [9.17, 15) is 9.59 Å². The van der Waals surface area contributed by atoms with Gasteiger partial charge < -0.3 is 15.1 Å². The molecule has 1 saturated heterocycles. The molecule has 0 bridgehead atoms. The minimum absolute atomic E-state index is 0. The summed E-state index contributed by atoms with van der Waals surface area (Å²) < 4.78 is 5.52. The van der Waals surface area contributed by atoms with Crippen LogP contribution in [0.25, 0.3) is 10.9 Å². The van der Waals surface area contributed by atoms with Crippen molar-refractivity contribution in [3.63, 3.8) is 0 Å². The molecule has 2 aromatic heterocycles. The number of aromatic nitrogens is 2. The average Bonchev–Trinajstić information content (AvgIpc) is 2.68. The van der Waals surface area contributed by atoms with E-state index in [1.54, 1.807) is 19.1 Å². The maximum absolute atomic E-state index is 12.9. The first-order chi connectivity index (χ1) is 13.5. The van der Waals surface area contributed by atoms with Gasteiger partial charge in [-0.15, -0.1) is 24.8 Å². The lowest BCUT2D eigenvalue weighted by Crippen LogP contribution is -2.30. The maximum atomic E-state index is 12.9. The highest BCUT2D eigenvalue weighted by atomic mass is 35.5. The Morgan fingerprint density at radius 2 is 2.00 bits per heavy atom. The summed E-state index contributed by atoms with van der Waals surface area (Å²) >= 11 is 0. The number of piperidine rings is 1. The molecule has 0 radical (unpaired) electrons. The number of aryl methyl sites for hydroxylation is 2. The van der Waals surface area contributed by atoms with Crippen LogP contribution in [0.5, 0.6) is 0 Å². The van der Waals surface area contributed by atoms with E-state index in [1.807, 2.05) is 25.1 Å². The van der Waals surface area contributed by atoms with Crippen LogP contribution in [0, 0.1) is 13.8 Å². The highest BCUT2D eigenvalue weighted by Gasteiger charge is 2.23. The van der Waals surface area contributed by atoms with Gasteiger partial charge in [0.25, 0.3) is 5.91 Å². The number of carbonyl (C=O) groups excluding carboxylic acids is 1. The molecular formula is C21H24Cl2N4O3. The summed E-state index contributed by atoms with van der Waals surface area (Å²) in [5, 5.41) is 15.1. The molecule has 0 saturated carbocycles. The Hall–Kier alpha value is -2.48. The first kappa shape index (κ1) is 23.8. The fourth-order valence-corrected chi connectivity index (χ4v) is 3.66. The zero-order valence-corrected chi connectivity index (χ0v) is 18.4. The molecule has 1 aliphatic heterocycles. The molecule has 2 N–H and O–H groups in total. The molecule has 1 fully saturated rings. The quantitative estimate of drug-likeness (QED) is 0.630. The van der Waals surface area contributed by atoms with Gasteiger partial charge in [0, 0.05) is 17.8 Å². The zero-order chi connectivity index (χ0) is 19.7. The second-order valence-electron chi connectivity index (χ2n) is 7.22. The molecule has 3 aromatic rings.